The van der Waals surface area contributed by atoms with Gasteiger partial charge < -0.3 is 0 Å². The van der Waals surface area contributed by atoms with Crippen LogP contribution >= 0.6 is 0 Å². The Morgan fingerprint density at radius 2 is 1.67 bits per heavy atom. The molecule has 0 aromatic heterocycles. The van der Waals surface area contributed by atoms with Gasteiger partial charge in [0.1, 0.15) is 0 Å². The Balaban J connectivity index is 2.65. The first-order valence-corrected chi connectivity index (χ1v) is 8.51. The molecule has 0 amide bonds. The Labute approximate surface area is 129 Å². The van der Waals surface area contributed by atoms with Crippen molar-refractivity contribution in [3.63, 3.8) is 0 Å². The van der Waals surface area contributed by atoms with Crippen molar-refractivity contribution in [2.45, 2.75) is 71.9 Å². The lowest BCUT2D eigenvalue weighted by Gasteiger charge is -2.42. The Bertz CT molecular complexity index is 297. The van der Waals surface area contributed by atoms with Crippen LogP contribution in [0.2, 0.25) is 0 Å². The van der Waals surface area contributed by atoms with Gasteiger partial charge in [-0.25, -0.2) is 8.78 Å². The third kappa shape index (κ3) is 5.17. The summed E-state index contributed by atoms with van der Waals surface area (Å²) in [4.78, 5) is 3.79. The zero-order valence-electron chi connectivity index (χ0n) is 14.7. The van der Waals surface area contributed by atoms with Crippen molar-refractivity contribution < 1.29 is 8.78 Å². The normalized spacial score (nSPS) is 20.7. The van der Waals surface area contributed by atoms with Crippen molar-refractivity contribution in [3.05, 3.63) is 0 Å². The molecule has 21 heavy (non-hydrogen) atoms. The number of likely N-dealkylation sites (tertiary alicyclic amines) is 1. The van der Waals surface area contributed by atoms with Gasteiger partial charge >= 0.3 is 0 Å². The van der Waals surface area contributed by atoms with E-state index in [0.717, 1.165) is 25.9 Å². The summed E-state index contributed by atoms with van der Waals surface area (Å²) in [6.45, 7) is 11.8. The van der Waals surface area contributed by atoms with Crippen LogP contribution in [0.5, 0.6) is 0 Å². The molecule has 0 saturated carbocycles. The van der Waals surface area contributed by atoms with Crippen LogP contribution in [0, 0.1) is 11.8 Å². The van der Waals surface area contributed by atoms with Gasteiger partial charge in [-0.2, -0.15) is 0 Å². The Morgan fingerprint density at radius 3 is 2.05 bits per heavy atom. The maximum atomic E-state index is 14.7. The highest BCUT2D eigenvalue weighted by atomic mass is 19.3. The van der Waals surface area contributed by atoms with Crippen LogP contribution in [0.4, 0.5) is 8.78 Å². The van der Waals surface area contributed by atoms with E-state index in [4.69, 9.17) is 0 Å². The Morgan fingerprint density at radius 1 is 1.14 bits per heavy atom. The molecule has 4 heteroatoms. The van der Waals surface area contributed by atoms with Crippen molar-refractivity contribution >= 4 is 0 Å². The molecule has 1 atom stereocenters. The van der Waals surface area contributed by atoms with Gasteiger partial charge in [0.25, 0.3) is 5.92 Å². The summed E-state index contributed by atoms with van der Waals surface area (Å²) in [6, 6.07) is -0.466. The van der Waals surface area contributed by atoms with E-state index in [9.17, 15) is 8.78 Å². The maximum Gasteiger partial charge on any atom is 0.275 e. The van der Waals surface area contributed by atoms with Crippen LogP contribution in [0.15, 0.2) is 0 Å². The molecule has 1 aliphatic heterocycles. The van der Waals surface area contributed by atoms with Crippen LogP contribution < -0.4 is 0 Å². The van der Waals surface area contributed by atoms with Crippen molar-refractivity contribution in [2.75, 3.05) is 26.7 Å². The van der Waals surface area contributed by atoms with Gasteiger partial charge in [-0.05, 0) is 65.1 Å². The second kappa shape index (κ2) is 7.87. The summed E-state index contributed by atoms with van der Waals surface area (Å²) in [5.41, 5.74) is 0. The molecule has 0 spiro atoms. The van der Waals surface area contributed by atoms with Gasteiger partial charge in [-0.3, -0.25) is 9.80 Å². The molecule has 0 N–H and O–H groups in total. The molecular weight excluding hydrogens is 270 g/mol. The number of nitrogens with zero attached hydrogens (tertiary/aromatic N) is 2. The zero-order chi connectivity index (χ0) is 16.2. The molecule has 0 aromatic rings. The summed E-state index contributed by atoms with van der Waals surface area (Å²) >= 11 is 0. The second-order valence-electron chi connectivity index (χ2n) is 7.31. The minimum absolute atomic E-state index is 0.146. The van der Waals surface area contributed by atoms with Crippen molar-refractivity contribution in [1.82, 2.24) is 9.80 Å². The van der Waals surface area contributed by atoms with Crippen molar-refractivity contribution in [2.24, 2.45) is 11.8 Å². The van der Waals surface area contributed by atoms with Gasteiger partial charge in [-0.1, -0.05) is 20.8 Å². The smallest absolute Gasteiger partial charge is 0.275 e. The van der Waals surface area contributed by atoms with Crippen LogP contribution in [-0.2, 0) is 0 Å². The lowest BCUT2D eigenvalue weighted by Crippen LogP contribution is -2.55. The molecule has 1 unspecified atom stereocenters. The lowest BCUT2D eigenvalue weighted by atomic mass is 9.85. The molecule has 1 rings (SSSR count). The molecule has 126 valence electrons. The minimum atomic E-state index is -2.64. The van der Waals surface area contributed by atoms with Gasteiger partial charge in [0.2, 0.25) is 0 Å². The highest BCUT2D eigenvalue weighted by Crippen LogP contribution is 2.32. The summed E-state index contributed by atoms with van der Waals surface area (Å²) in [5, 5.41) is 0. The van der Waals surface area contributed by atoms with Gasteiger partial charge in [-0.15, -0.1) is 0 Å². The van der Waals surface area contributed by atoms with Gasteiger partial charge in [0.05, 0.1) is 12.6 Å². The predicted molar refractivity (Wildman–Crippen MR) is 85.9 cm³/mol. The number of piperidine rings is 1. The molecule has 0 radical (unpaired) electrons. The largest absolute Gasteiger partial charge is 0.298 e. The molecular formula is C17H34F2N2. The third-order valence-electron chi connectivity index (χ3n) is 5.17. The average Bonchev–Trinajstić information content (AvgIpc) is 2.39. The van der Waals surface area contributed by atoms with E-state index < -0.39 is 12.0 Å². The first-order chi connectivity index (χ1) is 9.69. The Kier molecular flexibility index (Phi) is 7.05. The van der Waals surface area contributed by atoms with Crippen molar-refractivity contribution in [3.8, 4) is 0 Å². The number of halogens is 2. The summed E-state index contributed by atoms with van der Waals surface area (Å²) in [5.74, 6) is -1.27. The summed E-state index contributed by atoms with van der Waals surface area (Å²) in [7, 11) is 1.79. The number of hydrogen-bond donors (Lipinski definition) is 0. The summed E-state index contributed by atoms with van der Waals surface area (Å²) < 4.78 is 29.3. The van der Waals surface area contributed by atoms with E-state index in [-0.39, 0.29) is 12.6 Å². The van der Waals surface area contributed by atoms with Crippen molar-refractivity contribution in [1.29, 1.82) is 0 Å². The fourth-order valence-corrected chi connectivity index (χ4v) is 3.34. The quantitative estimate of drug-likeness (QED) is 0.698. The topological polar surface area (TPSA) is 6.48 Å². The van der Waals surface area contributed by atoms with E-state index in [2.05, 4.69) is 13.8 Å². The molecule has 1 saturated heterocycles. The second-order valence-corrected chi connectivity index (χ2v) is 7.31. The third-order valence-corrected chi connectivity index (χ3v) is 5.17. The van der Waals surface area contributed by atoms with Crippen LogP contribution in [0.25, 0.3) is 0 Å². The molecule has 2 nitrogen and oxygen atoms in total. The maximum absolute atomic E-state index is 14.7. The highest BCUT2D eigenvalue weighted by Gasteiger charge is 2.43. The average molecular weight is 304 g/mol. The standard InChI is InChI=1S/C17H34F2N2/c1-7-16(17(18,19)12-20(6)14(4)5)21-10-8-15(9-11-21)13(2)3/h13-16H,7-12H2,1-6H3. The van der Waals surface area contributed by atoms with E-state index in [1.165, 1.54) is 0 Å². The molecule has 1 heterocycles. The Hall–Kier alpha value is -0.220. The molecule has 0 aromatic carbocycles. The molecule has 1 aliphatic rings. The van der Waals surface area contributed by atoms with Crippen LogP contribution in [-0.4, -0.2) is 54.5 Å². The molecule has 1 fully saturated rings. The zero-order valence-corrected chi connectivity index (χ0v) is 14.7. The first kappa shape index (κ1) is 18.8. The molecule has 0 bridgehead atoms. The monoisotopic (exact) mass is 304 g/mol. The number of rotatable bonds is 7. The fourth-order valence-electron chi connectivity index (χ4n) is 3.34. The van der Waals surface area contributed by atoms with Gasteiger partial charge in [0, 0.05) is 6.04 Å². The van der Waals surface area contributed by atoms with Gasteiger partial charge in [0.15, 0.2) is 0 Å². The first-order valence-electron chi connectivity index (χ1n) is 8.51. The summed E-state index contributed by atoms with van der Waals surface area (Å²) in [6.07, 6.45) is 2.64. The van der Waals surface area contributed by atoms with E-state index in [1.54, 1.807) is 11.9 Å². The van der Waals surface area contributed by atoms with E-state index >= 15 is 0 Å². The van der Waals surface area contributed by atoms with Crippen LogP contribution in [0.1, 0.15) is 53.9 Å². The fraction of sp³-hybridized carbons (Fsp3) is 1.00. The van der Waals surface area contributed by atoms with Crippen LogP contribution in [0.3, 0.4) is 0 Å². The van der Waals surface area contributed by atoms with E-state index in [1.807, 2.05) is 25.7 Å². The predicted octanol–water partition coefficient (Wildman–Crippen LogP) is 4.11. The SMILES string of the molecule is CCC(N1CCC(C(C)C)CC1)C(F)(F)CN(C)C(C)C. The molecule has 0 aliphatic carbocycles. The number of hydrogen-bond acceptors (Lipinski definition) is 2. The minimum Gasteiger partial charge on any atom is -0.298 e. The van der Waals surface area contributed by atoms with E-state index in [0.29, 0.717) is 18.3 Å². The highest BCUT2D eigenvalue weighted by molar-refractivity contribution is 4.90. The lowest BCUT2D eigenvalue weighted by molar-refractivity contribution is -0.109. The number of alkyl halides is 2.